The largest absolute Gasteiger partial charge is 0.309 e. The zero-order valence-electron chi connectivity index (χ0n) is 35.7. The van der Waals surface area contributed by atoms with Crippen molar-refractivity contribution in [1.82, 2.24) is 19.5 Å². The van der Waals surface area contributed by atoms with Crippen molar-refractivity contribution >= 4 is 59.7 Å². The second-order valence-electron chi connectivity index (χ2n) is 17.3. The van der Waals surface area contributed by atoms with Crippen LogP contribution in [-0.4, -0.2) is 19.5 Å². The molecule has 0 saturated heterocycles. The van der Waals surface area contributed by atoms with Gasteiger partial charge in [0.05, 0.1) is 11.0 Å². The monoisotopic (exact) mass is 818 g/mol. The van der Waals surface area contributed by atoms with Crippen LogP contribution < -0.4 is 0 Å². The summed E-state index contributed by atoms with van der Waals surface area (Å²) in [6, 6.07) is 63.9. The van der Waals surface area contributed by atoms with Crippen LogP contribution in [0, 0.1) is 0 Å². The molecule has 0 aliphatic heterocycles. The summed E-state index contributed by atoms with van der Waals surface area (Å²) < 4.78 is 2.42. The van der Waals surface area contributed by atoms with Crippen LogP contribution in [0.3, 0.4) is 0 Å². The van der Waals surface area contributed by atoms with Gasteiger partial charge in [-0.15, -0.1) is 0 Å². The van der Waals surface area contributed by atoms with Gasteiger partial charge in [-0.05, 0) is 108 Å². The second kappa shape index (κ2) is 14.4. The first-order valence-electron chi connectivity index (χ1n) is 21.8. The fourth-order valence-corrected chi connectivity index (χ4v) is 10.3. The highest BCUT2D eigenvalue weighted by atomic mass is 15.0. The van der Waals surface area contributed by atoms with Crippen molar-refractivity contribution in [3.8, 4) is 50.7 Å². The predicted octanol–water partition coefficient (Wildman–Crippen LogP) is 15.5. The molecule has 2 aromatic heterocycles. The van der Waals surface area contributed by atoms with Gasteiger partial charge in [0.2, 0.25) is 0 Å². The van der Waals surface area contributed by atoms with E-state index in [-0.39, 0.29) is 5.41 Å². The van der Waals surface area contributed by atoms with Crippen LogP contribution >= 0.6 is 0 Å². The van der Waals surface area contributed by atoms with E-state index in [0.29, 0.717) is 17.5 Å². The molecule has 4 heteroatoms. The molecule has 0 fully saturated rings. The average Bonchev–Trinajstić information content (AvgIpc) is 3.79. The van der Waals surface area contributed by atoms with Crippen molar-refractivity contribution in [3.63, 3.8) is 0 Å². The van der Waals surface area contributed by atoms with Gasteiger partial charge in [-0.3, -0.25) is 0 Å². The van der Waals surface area contributed by atoms with E-state index >= 15 is 0 Å². The molecule has 9 aromatic carbocycles. The quantitative estimate of drug-likeness (QED) is 0.119. The van der Waals surface area contributed by atoms with Gasteiger partial charge in [0, 0.05) is 38.6 Å². The molecule has 11 aromatic rings. The average molecular weight is 819 g/mol. The summed E-state index contributed by atoms with van der Waals surface area (Å²) in [5.41, 5.74) is 13.4. The van der Waals surface area contributed by atoms with Crippen molar-refractivity contribution in [3.05, 3.63) is 224 Å². The van der Waals surface area contributed by atoms with Gasteiger partial charge in [-0.2, -0.15) is 0 Å². The molecule has 1 aliphatic carbocycles. The third-order valence-corrected chi connectivity index (χ3v) is 13.4. The third kappa shape index (κ3) is 5.73. The molecule has 64 heavy (non-hydrogen) atoms. The molecule has 2 heterocycles. The van der Waals surface area contributed by atoms with Crippen molar-refractivity contribution in [2.75, 3.05) is 0 Å². The summed E-state index contributed by atoms with van der Waals surface area (Å²) in [7, 11) is 0. The van der Waals surface area contributed by atoms with E-state index in [1.165, 1.54) is 76.5 Å². The molecule has 0 atom stereocenters. The molecule has 0 N–H and O–H groups in total. The number of allylic oxidation sites excluding steroid dienone is 4. The lowest BCUT2D eigenvalue weighted by atomic mass is 9.82. The third-order valence-electron chi connectivity index (χ3n) is 13.4. The zero-order valence-corrected chi connectivity index (χ0v) is 35.7. The topological polar surface area (TPSA) is 43.6 Å². The van der Waals surface area contributed by atoms with E-state index in [0.717, 1.165) is 33.4 Å². The number of hydrogen-bond acceptors (Lipinski definition) is 3. The highest BCUT2D eigenvalue weighted by Crippen LogP contribution is 2.51. The Morgan fingerprint density at radius 2 is 1.05 bits per heavy atom. The maximum absolute atomic E-state index is 5.07. The molecule has 302 valence electrons. The molecule has 0 unspecified atom stereocenters. The van der Waals surface area contributed by atoms with Gasteiger partial charge >= 0.3 is 0 Å². The van der Waals surface area contributed by atoms with E-state index in [9.17, 15) is 0 Å². The minimum atomic E-state index is -0.163. The number of benzene rings is 9. The predicted molar refractivity (Wildman–Crippen MR) is 269 cm³/mol. The molecule has 4 nitrogen and oxygen atoms in total. The van der Waals surface area contributed by atoms with Crippen LogP contribution in [0.25, 0.3) is 110 Å². The SMILES string of the molecule is C=C/C=C(\C=C)c1nc(-c2ccccc2)nc(-c2cccc(-n3c4ccc(-c5ccc6c7ccccc7c7ccccc7c6c5)cc4c4cc5c(cc43)C(C)(C)c3ccccc3-5)c2)n1. The molecule has 12 rings (SSSR count). The van der Waals surface area contributed by atoms with Gasteiger partial charge in [0.25, 0.3) is 0 Å². The maximum atomic E-state index is 5.07. The summed E-state index contributed by atoms with van der Waals surface area (Å²) in [6.07, 6.45) is 5.37. The van der Waals surface area contributed by atoms with Crippen LogP contribution in [0.1, 0.15) is 30.8 Å². The van der Waals surface area contributed by atoms with Gasteiger partial charge < -0.3 is 4.57 Å². The normalized spacial score (nSPS) is 13.2. The highest BCUT2D eigenvalue weighted by Gasteiger charge is 2.36. The fraction of sp³-hybridized carbons (Fsp3) is 0.0500. The van der Waals surface area contributed by atoms with Gasteiger partial charge in [-0.25, -0.2) is 15.0 Å². The number of rotatable bonds is 7. The summed E-state index contributed by atoms with van der Waals surface area (Å²) in [5, 5.41) is 10.1. The summed E-state index contributed by atoms with van der Waals surface area (Å²) in [4.78, 5) is 15.0. The summed E-state index contributed by atoms with van der Waals surface area (Å²) >= 11 is 0. The first kappa shape index (κ1) is 37.5. The Bertz CT molecular complexity index is 3760. The van der Waals surface area contributed by atoms with Crippen molar-refractivity contribution in [2.45, 2.75) is 19.3 Å². The van der Waals surface area contributed by atoms with Crippen molar-refractivity contribution in [2.24, 2.45) is 0 Å². The van der Waals surface area contributed by atoms with Crippen molar-refractivity contribution < 1.29 is 0 Å². The van der Waals surface area contributed by atoms with E-state index in [1.807, 2.05) is 36.4 Å². The Morgan fingerprint density at radius 3 is 1.77 bits per heavy atom. The smallest absolute Gasteiger partial charge is 0.164 e. The van der Waals surface area contributed by atoms with Crippen LogP contribution in [0.5, 0.6) is 0 Å². The fourth-order valence-electron chi connectivity index (χ4n) is 10.3. The number of fused-ring (bicyclic) bond motifs is 12. The lowest BCUT2D eigenvalue weighted by Gasteiger charge is -2.21. The van der Waals surface area contributed by atoms with E-state index in [2.05, 4.69) is 177 Å². The highest BCUT2D eigenvalue weighted by molar-refractivity contribution is 6.26. The Labute approximate surface area is 371 Å². The first-order valence-corrected chi connectivity index (χ1v) is 21.8. The molecule has 0 bridgehead atoms. The zero-order chi connectivity index (χ0) is 43.1. The number of aromatic nitrogens is 4. The van der Waals surface area contributed by atoms with E-state index in [4.69, 9.17) is 15.0 Å². The van der Waals surface area contributed by atoms with E-state index in [1.54, 1.807) is 12.2 Å². The minimum absolute atomic E-state index is 0.163. The maximum Gasteiger partial charge on any atom is 0.164 e. The second-order valence-corrected chi connectivity index (χ2v) is 17.3. The van der Waals surface area contributed by atoms with E-state index < -0.39 is 0 Å². The van der Waals surface area contributed by atoms with Crippen molar-refractivity contribution in [1.29, 1.82) is 0 Å². The molecule has 1 aliphatic rings. The summed E-state index contributed by atoms with van der Waals surface area (Å²) in [6.45, 7) is 12.7. The van der Waals surface area contributed by atoms with Gasteiger partial charge in [0.15, 0.2) is 17.5 Å². The Kier molecular flexibility index (Phi) is 8.47. The van der Waals surface area contributed by atoms with Gasteiger partial charge in [-0.1, -0.05) is 179 Å². The van der Waals surface area contributed by atoms with Crippen LogP contribution in [0.15, 0.2) is 207 Å². The lowest BCUT2D eigenvalue weighted by Crippen LogP contribution is -2.14. The summed E-state index contributed by atoms with van der Waals surface area (Å²) in [5.74, 6) is 1.72. The van der Waals surface area contributed by atoms with Crippen LogP contribution in [0.4, 0.5) is 0 Å². The van der Waals surface area contributed by atoms with Gasteiger partial charge in [0.1, 0.15) is 0 Å². The number of nitrogens with zero attached hydrogens (tertiary/aromatic N) is 4. The molecule has 0 spiro atoms. The van der Waals surface area contributed by atoms with Crippen LogP contribution in [0.2, 0.25) is 0 Å². The Hall–Kier alpha value is -8.21. The van der Waals surface area contributed by atoms with Crippen LogP contribution in [-0.2, 0) is 5.41 Å². The molecule has 0 radical (unpaired) electrons. The molecular formula is C60H42N4. The molecular weight excluding hydrogens is 777 g/mol. The minimum Gasteiger partial charge on any atom is -0.309 e. The Morgan fingerprint density at radius 1 is 0.453 bits per heavy atom. The lowest BCUT2D eigenvalue weighted by molar-refractivity contribution is 0.661. The molecule has 0 amide bonds. The number of hydrogen-bond donors (Lipinski definition) is 0. The molecule has 0 saturated carbocycles. The standard InChI is InChI=1S/C60H42N4/c1-5-17-37(6-2)57-61-58(38-18-8-7-9-19-38)63-59(62-57)41-20-16-21-42(32-41)64-55-31-29-40(34-51(55)52-35-50-48-26-14-15-27-53(48)60(3,4)54(50)36-56(52)64)39-28-30-47-45-24-11-10-22-43(45)44-23-12-13-25-46(44)49(47)33-39/h5-36H,1-2H2,3-4H3/b37-17+. The first-order chi connectivity index (χ1) is 31.4. The Balaban J connectivity index is 1.09.